The lowest BCUT2D eigenvalue weighted by Crippen LogP contribution is -2.31. The van der Waals surface area contributed by atoms with Crippen LogP contribution in [0.4, 0.5) is 0 Å². The Balaban J connectivity index is 2.30. The first kappa shape index (κ1) is 16.2. The number of hydrogen-bond acceptors (Lipinski definition) is 3. The van der Waals surface area contributed by atoms with E-state index in [0.717, 1.165) is 27.8 Å². The van der Waals surface area contributed by atoms with Crippen molar-refractivity contribution in [2.45, 2.75) is 19.8 Å². The minimum atomic E-state index is -2.24. The Bertz CT molecular complexity index is 819. The molecular weight excluding hydrogens is 300 g/mol. The van der Waals surface area contributed by atoms with Crippen molar-refractivity contribution in [3.8, 4) is 28.0 Å². The van der Waals surface area contributed by atoms with Crippen LogP contribution in [0.25, 0.3) is 22.3 Å². The van der Waals surface area contributed by atoms with Gasteiger partial charge in [-0.3, -0.25) is 0 Å². The van der Waals surface area contributed by atoms with Gasteiger partial charge in [0.1, 0.15) is 5.75 Å². The van der Waals surface area contributed by atoms with E-state index in [4.69, 9.17) is 4.74 Å². The minimum Gasteiger partial charge on any atom is -0.439 e. The molecule has 3 aromatic rings. The Kier molecular flexibility index (Phi) is 4.38. The van der Waals surface area contributed by atoms with Gasteiger partial charge in [-0.1, -0.05) is 66.7 Å². The Morgan fingerprint density at radius 2 is 1.21 bits per heavy atom. The van der Waals surface area contributed by atoms with E-state index in [1.807, 2.05) is 73.7 Å². The summed E-state index contributed by atoms with van der Waals surface area (Å²) in [6.45, 7) is 3.24. The first-order chi connectivity index (χ1) is 11.5. The van der Waals surface area contributed by atoms with Gasteiger partial charge in [-0.05, 0) is 35.2 Å². The van der Waals surface area contributed by atoms with E-state index in [1.165, 1.54) is 6.92 Å². The second-order valence-corrected chi connectivity index (χ2v) is 5.90. The lowest BCUT2D eigenvalue weighted by Gasteiger charge is -2.23. The standard InChI is InChI=1S/C21H20O3/c1-15-13-14-18(24-21(2,22)23)20(17-11-7-4-8-12-17)19(15)16-9-5-3-6-10-16/h3-14,22-23H,1-2H3. The topological polar surface area (TPSA) is 49.7 Å². The van der Waals surface area contributed by atoms with Gasteiger partial charge in [0.25, 0.3) is 0 Å². The van der Waals surface area contributed by atoms with E-state index >= 15 is 0 Å². The summed E-state index contributed by atoms with van der Waals surface area (Å²) in [4.78, 5) is 0. The van der Waals surface area contributed by atoms with Gasteiger partial charge in [-0.25, -0.2) is 0 Å². The Hall–Kier alpha value is -2.62. The van der Waals surface area contributed by atoms with Gasteiger partial charge in [0.2, 0.25) is 0 Å². The van der Waals surface area contributed by atoms with Crippen LogP contribution in [-0.2, 0) is 0 Å². The Labute approximate surface area is 141 Å². The normalized spacial score (nSPS) is 11.3. The van der Waals surface area contributed by atoms with Crippen molar-refractivity contribution in [1.82, 2.24) is 0 Å². The van der Waals surface area contributed by atoms with Crippen molar-refractivity contribution in [2.24, 2.45) is 0 Å². The van der Waals surface area contributed by atoms with Gasteiger partial charge in [0, 0.05) is 12.5 Å². The van der Waals surface area contributed by atoms with Gasteiger partial charge in [0.15, 0.2) is 0 Å². The van der Waals surface area contributed by atoms with Crippen LogP contribution in [0.3, 0.4) is 0 Å². The number of ether oxygens (including phenoxy) is 1. The van der Waals surface area contributed by atoms with Crippen LogP contribution in [0.1, 0.15) is 12.5 Å². The summed E-state index contributed by atoms with van der Waals surface area (Å²) < 4.78 is 5.42. The predicted octanol–water partition coefficient (Wildman–Crippen LogP) is 4.37. The number of rotatable bonds is 4. The van der Waals surface area contributed by atoms with Gasteiger partial charge in [-0.15, -0.1) is 0 Å². The molecule has 0 saturated heterocycles. The molecule has 0 aliphatic heterocycles. The van der Waals surface area contributed by atoms with Crippen molar-refractivity contribution < 1.29 is 14.9 Å². The van der Waals surface area contributed by atoms with Crippen LogP contribution in [0.15, 0.2) is 72.8 Å². The molecule has 0 atom stereocenters. The van der Waals surface area contributed by atoms with Crippen LogP contribution < -0.4 is 4.74 Å². The van der Waals surface area contributed by atoms with Crippen molar-refractivity contribution in [1.29, 1.82) is 0 Å². The summed E-state index contributed by atoms with van der Waals surface area (Å²) in [5.41, 5.74) is 4.96. The molecule has 0 unspecified atom stereocenters. The molecule has 122 valence electrons. The van der Waals surface area contributed by atoms with Crippen LogP contribution in [0.2, 0.25) is 0 Å². The maximum absolute atomic E-state index is 9.71. The molecule has 0 spiro atoms. The molecule has 3 nitrogen and oxygen atoms in total. The Morgan fingerprint density at radius 1 is 0.708 bits per heavy atom. The monoisotopic (exact) mass is 320 g/mol. The molecule has 0 aliphatic carbocycles. The molecule has 0 heterocycles. The molecule has 3 aromatic carbocycles. The number of hydrogen-bond donors (Lipinski definition) is 2. The highest BCUT2D eigenvalue weighted by Crippen LogP contribution is 2.42. The second-order valence-electron chi connectivity index (χ2n) is 5.90. The van der Waals surface area contributed by atoms with E-state index in [-0.39, 0.29) is 0 Å². The van der Waals surface area contributed by atoms with Crippen LogP contribution in [0, 0.1) is 6.92 Å². The molecule has 2 N–H and O–H groups in total. The number of benzene rings is 3. The molecule has 0 bridgehead atoms. The molecule has 0 aromatic heterocycles. The smallest absolute Gasteiger partial charge is 0.318 e. The molecule has 0 radical (unpaired) electrons. The molecule has 24 heavy (non-hydrogen) atoms. The lowest BCUT2D eigenvalue weighted by atomic mass is 9.90. The van der Waals surface area contributed by atoms with Gasteiger partial charge < -0.3 is 14.9 Å². The van der Waals surface area contributed by atoms with Crippen LogP contribution in [-0.4, -0.2) is 16.2 Å². The van der Waals surface area contributed by atoms with E-state index in [9.17, 15) is 10.2 Å². The fraction of sp³-hybridized carbons (Fsp3) is 0.143. The minimum absolute atomic E-state index is 0.429. The number of aryl methyl sites for hydroxylation is 1. The third kappa shape index (κ3) is 3.48. The highest BCUT2D eigenvalue weighted by Gasteiger charge is 2.22. The van der Waals surface area contributed by atoms with Gasteiger partial charge in [0.05, 0.1) is 0 Å². The van der Waals surface area contributed by atoms with E-state index in [2.05, 4.69) is 0 Å². The zero-order valence-corrected chi connectivity index (χ0v) is 13.7. The molecule has 0 saturated carbocycles. The lowest BCUT2D eigenvalue weighted by molar-refractivity contribution is -0.277. The molecule has 0 amide bonds. The van der Waals surface area contributed by atoms with E-state index in [0.29, 0.717) is 5.75 Å². The third-order valence-corrected chi connectivity index (χ3v) is 3.80. The molecule has 0 fully saturated rings. The second kappa shape index (κ2) is 6.48. The van der Waals surface area contributed by atoms with Crippen molar-refractivity contribution in [2.75, 3.05) is 0 Å². The summed E-state index contributed by atoms with van der Waals surface area (Å²) in [5.74, 6) is -1.81. The summed E-state index contributed by atoms with van der Waals surface area (Å²) >= 11 is 0. The SMILES string of the molecule is Cc1ccc(OC(C)(O)O)c(-c2ccccc2)c1-c1ccccc1. The number of aliphatic hydroxyl groups is 2. The van der Waals surface area contributed by atoms with Crippen LogP contribution in [0.5, 0.6) is 5.75 Å². The fourth-order valence-corrected chi connectivity index (χ4v) is 2.85. The zero-order valence-electron chi connectivity index (χ0n) is 13.7. The van der Waals surface area contributed by atoms with E-state index in [1.54, 1.807) is 6.07 Å². The molecule has 3 rings (SSSR count). The summed E-state index contributed by atoms with van der Waals surface area (Å²) in [6.07, 6.45) is 0. The summed E-state index contributed by atoms with van der Waals surface area (Å²) in [6, 6.07) is 23.5. The first-order valence-electron chi connectivity index (χ1n) is 7.84. The average Bonchev–Trinajstić information content (AvgIpc) is 2.56. The Morgan fingerprint density at radius 3 is 1.71 bits per heavy atom. The summed E-state index contributed by atoms with van der Waals surface area (Å²) in [5, 5.41) is 19.4. The van der Waals surface area contributed by atoms with Gasteiger partial charge in [-0.2, -0.15) is 0 Å². The first-order valence-corrected chi connectivity index (χ1v) is 7.84. The third-order valence-electron chi connectivity index (χ3n) is 3.80. The van der Waals surface area contributed by atoms with Crippen molar-refractivity contribution in [3.63, 3.8) is 0 Å². The van der Waals surface area contributed by atoms with Crippen molar-refractivity contribution >= 4 is 0 Å². The maximum atomic E-state index is 9.71. The largest absolute Gasteiger partial charge is 0.439 e. The quantitative estimate of drug-likeness (QED) is 0.702. The van der Waals surface area contributed by atoms with Gasteiger partial charge >= 0.3 is 5.97 Å². The molecular formula is C21H20O3. The average molecular weight is 320 g/mol. The highest BCUT2D eigenvalue weighted by atomic mass is 16.8. The highest BCUT2D eigenvalue weighted by molar-refractivity contribution is 5.89. The molecule has 3 heteroatoms. The predicted molar refractivity (Wildman–Crippen MR) is 95.5 cm³/mol. The maximum Gasteiger partial charge on any atom is 0.318 e. The molecule has 0 aliphatic rings. The zero-order chi connectivity index (χ0) is 17.2. The van der Waals surface area contributed by atoms with Crippen molar-refractivity contribution in [3.05, 3.63) is 78.4 Å². The summed E-state index contributed by atoms with van der Waals surface area (Å²) in [7, 11) is 0. The van der Waals surface area contributed by atoms with Crippen LogP contribution >= 0.6 is 0 Å². The fourth-order valence-electron chi connectivity index (χ4n) is 2.85. The van der Waals surface area contributed by atoms with E-state index < -0.39 is 5.97 Å².